The molecule has 4 heteroatoms. The normalized spacial score (nSPS) is 12.9. The van der Waals surface area contributed by atoms with Gasteiger partial charge in [0.25, 0.3) is 0 Å². The average Bonchev–Trinajstić information content (AvgIpc) is 2.20. The predicted molar refractivity (Wildman–Crippen MR) is 61.4 cm³/mol. The van der Waals surface area contributed by atoms with Gasteiger partial charge < -0.3 is 5.11 Å². The topological polar surface area (TPSA) is 37.3 Å². The van der Waals surface area contributed by atoms with Crippen LogP contribution in [0.5, 0.6) is 0 Å². The lowest BCUT2D eigenvalue weighted by Crippen LogP contribution is -2.11. The number of aliphatic carboxylic acids is 1. The van der Waals surface area contributed by atoms with Gasteiger partial charge in [-0.1, -0.05) is 47.5 Å². The van der Waals surface area contributed by atoms with Crippen molar-refractivity contribution in [1.29, 1.82) is 0 Å². The van der Waals surface area contributed by atoms with E-state index in [2.05, 4.69) is 0 Å². The van der Waals surface area contributed by atoms with Gasteiger partial charge >= 0.3 is 5.97 Å². The number of hydrogen-bond donors (Lipinski definition) is 1. The molecule has 0 spiro atoms. The second-order valence-electron chi connectivity index (χ2n) is 3.01. The predicted octanol–water partition coefficient (Wildman–Crippen LogP) is 3.65. The van der Waals surface area contributed by atoms with Gasteiger partial charge in [0.15, 0.2) is 0 Å². The molecule has 0 aliphatic heterocycles. The summed E-state index contributed by atoms with van der Waals surface area (Å²) >= 11 is 11.3. The van der Waals surface area contributed by atoms with Gasteiger partial charge in [0.05, 0.1) is 5.92 Å². The van der Waals surface area contributed by atoms with Crippen molar-refractivity contribution in [2.45, 2.75) is 12.3 Å². The Balaban J connectivity index is 2.99. The van der Waals surface area contributed by atoms with Crippen molar-refractivity contribution in [3.8, 4) is 0 Å². The molecule has 0 aliphatic carbocycles. The molecule has 1 atom stereocenters. The molecule has 1 aromatic rings. The van der Waals surface area contributed by atoms with E-state index < -0.39 is 11.9 Å². The summed E-state index contributed by atoms with van der Waals surface area (Å²) in [5, 5.41) is 9.51. The van der Waals surface area contributed by atoms with E-state index in [1.54, 1.807) is 30.3 Å². The average molecular weight is 245 g/mol. The third-order valence-electron chi connectivity index (χ3n) is 2.04. The highest BCUT2D eigenvalue weighted by Crippen LogP contribution is 2.27. The minimum absolute atomic E-state index is 0.336. The Labute approximate surface area is 98.1 Å². The van der Waals surface area contributed by atoms with E-state index in [0.717, 1.165) is 0 Å². The standard InChI is InChI=1S/C11H10Cl2O2/c12-7-3-5-9(11(14)15)8-4-1-2-6-10(8)13/h1-4,6-7,9H,5H2,(H,14,15)/b7-3+. The zero-order valence-corrected chi connectivity index (χ0v) is 9.37. The maximum absolute atomic E-state index is 11.0. The molecule has 0 amide bonds. The van der Waals surface area contributed by atoms with Crippen molar-refractivity contribution >= 4 is 29.2 Å². The highest BCUT2D eigenvalue weighted by atomic mass is 35.5. The lowest BCUT2D eigenvalue weighted by atomic mass is 9.96. The van der Waals surface area contributed by atoms with Crippen LogP contribution in [0.25, 0.3) is 0 Å². The lowest BCUT2D eigenvalue weighted by Gasteiger charge is -2.11. The Kier molecular flexibility index (Phi) is 4.66. The first-order chi connectivity index (χ1) is 7.16. The molecule has 0 aliphatic rings. The van der Waals surface area contributed by atoms with Gasteiger partial charge in [-0.3, -0.25) is 4.79 Å². The molecule has 0 aromatic heterocycles. The van der Waals surface area contributed by atoms with Crippen LogP contribution < -0.4 is 0 Å². The third-order valence-corrected chi connectivity index (χ3v) is 2.56. The van der Waals surface area contributed by atoms with Crippen molar-refractivity contribution < 1.29 is 9.90 Å². The summed E-state index contributed by atoms with van der Waals surface area (Å²) in [6, 6.07) is 6.92. The Morgan fingerprint density at radius 3 is 2.67 bits per heavy atom. The van der Waals surface area contributed by atoms with Crippen LogP contribution in [0.4, 0.5) is 0 Å². The van der Waals surface area contributed by atoms with E-state index >= 15 is 0 Å². The monoisotopic (exact) mass is 244 g/mol. The Morgan fingerprint density at radius 2 is 2.13 bits per heavy atom. The first-order valence-electron chi connectivity index (χ1n) is 4.39. The lowest BCUT2D eigenvalue weighted by molar-refractivity contribution is -0.138. The van der Waals surface area contributed by atoms with Crippen molar-refractivity contribution in [2.75, 3.05) is 0 Å². The van der Waals surface area contributed by atoms with Crippen molar-refractivity contribution in [3.63, 3.8) is 0 Å². The molecule has 0 fully saturated rings. The minimum atomic E-state index is -0.905. The van der Waals surface area contributed by atoms with Gasteiger partial charge in [-0.15, -0.1) is 0 Å². The summed E-state index contributed by atoms with van der Waals surface area (Å²) < 4.78 is 0. The highest BCUT2D eigenvalue weighted by molar-refractivity contribution is 6.31. The van der Waals surface area contributed by atoms with Crippen LogP contribution in [0.1, 0.15) is 17.9 Å². The van der Waals surface area contributed by atoms with E-state index in [-0.39, 0.29) is 0 Å². The quantitative estimate of drug-likeness (QED) is 0.878. The Hall–Kier alpha value is -0.990. The van der Waals surface area contributed by atoms with Crippen LogP contribution in [0.3, 0.4) is 0 Å². The van der Waals surface area contributed by atoms with Gasteiger partial charge in [-0.25, -0.2) is 0 Å². The van der Waals surface area contributed by atoms with E-state index in [4.69, 9.17) is 28.3 Å². The molecule has 0 saturated carbocycles. The second-order valence-corrected chi connectivity index (χ2v) is 3.67. The fourth-order valence-electron chi connectivity index (χ4n) is 1.31. The summed E-state index contributed by atoms with van der Waals surface area (Å²) in [5.41, 5.74) is 1.92. The smallest absolute Gasteiger partial charge is 0.311 e. The number of hydrogen-bond acceptors (Lipinski definition) is 1. The fraction of sp³-hybridized carbons (Fsp3) is 0.182. The molecule has 1 rings (SSSR count). The first kappa shape index (κ1) is 12.1. The Morgan fingerprint density at radius 1 is 1.47 bits per heavy atom. The fourth-order valence-corrected chi connectivity index (χ4v) is 1.68. The molecule has 1 unspecified atom stereocenters. The van der Waals surface area contributed by atoms with Crippen molar-refractivity contribution in [2.24, 2.45) is 0 Å². The number of benzene rings is 1. The first-order valence-corrected chi connectivity index (χ1v) is 5.20. The third kappa shape index (κ3) is 3.26. The molecule has 1 N–H and O–H groups in total. The van der Waals surface area contributed by atoms with Crippen LogP contribution in [0.15, 0.2) is 35.9 Å². The van der Waals surface area contributed by atoms with Gasteiger partial charge in [0.2, 0.25) is 0 Å². The molecule has 15 heavy (non-hydrogen) atoms. The highest BCUT2D eigenvalue weighted by Gasteiger charge is 2.20. The zero-order chi connectivity index (χ0) is 11.3. The maximum atomic E-state index is 11.0. The molecule has 0 radical (unpaired) electrons. The van der Waals surface area contributed by atoms with E-state index in [1.165, 1.54) is 5.54 Å². The second kappa shape index (κ2) is 5.79. The summed E-state index contributed by atoms with van der Waals surface area (Å²) in [6.07, 6.45) is 1.94. The van der Waals surface area contributed by atoms with Gasteiger partial charge in [0, 0.05) is 10.6 Å². The van der Waals surface area contributed by atoms with Gasteiger partial charge in [-0.2, -0.15) is 0 Å². The summed E-state index contributed by atoms with van der Waals surface area (Å²) in [6.45, 7) is 0. The summed E-state index contributed by atoms with van der Waals surface area (Å²) in [7, 11) is 0. The summed E-state index contributed by atoms with van der Waals surface area (Å²) in [5.74, 6) is -1.55. The van der Waals surface area contributed by atoms with E-state index in [1.807, 2.05) is 0 Å². The number of allylic oxidation sites excluding steroid dienone is 1. The van der Waals surface area contributed by atoms with Gasteiger partial charge in [-0.05, 0) is 18.1 Å². The zero-order valence-electron chi connectivity index (χ0n) is 7.86. The largest absolute Gasteiger partial charge is 0.481 e. The molecule has 2 nitrogen and oxygen atoms in total. The molecule has 0 bridgehead atoms. The molecule has 1 aromatic carbocycles. The Bertz CT molecular complexity index is 375. The summed E-state index contributed by atoms with van der Waals surface area (Å²) in [4.78, 5) is 11.0. The molecule has 0 saturated heterocycles. The molecular weight excluding hydrogens is 235 g/mol. The molecule has 0 heterocycles. The number of carbonyl (C=O) groups is 1. The van der Waals surface area contributed by atoms with Crippen molar-refractivity contribution in [1.82, 2.24) is 0 Å². The number of carboxylic acid groups (broad SMARTS) is 1. The van der Waals surface area contributed by atoms with Crippen LogP contribution in [-0.4, -0.2) is 11.1 Å². The number of halogens is 2. The van der Waals surface area contributed by atoms with Crippen LogP contribution in [0, 0.1) is 0 Å². The van der Waals surface area contributed by atoms with Crippen LogP contribution in [-0.2, 0) is 4.79 Å². The van der Waals surface area contributed by atoms with E-state index in [0.29, 0.717) is 17.0 Å². The SMILES string of the molecule is O=C(O)C(C/C=C/Cl)c1ccccc1Cl. The minimum Gasteiger partial charge on any atom is -0.481 e. The van der Waals surface area contributed by atoms with Gasteiger partial charge in [0.1, 0.15) is 0 Å². The maximum Gasteiger partial charge on any atom is 0.311 e. The molecule has 80 valence electrons. The van der Waals surface area contributed by atoms with Crippen molar-refractivity contribution in [3.05, 3.63) is 46.5 Å². The van der Waals surface area contributed by atoms with Crippen LogP contribution >= 0.6 is 23.2 Å². The van der Waals surface area contributed by atoms with Crippen LogP contribution in [0.2, 0.25) is 5.02 Å². The number of carboxylic acids is 1. The number of rotatable bonds is 4. The van der Waals surface area contributed by atoms with E-state index in [9.17, 15) is 4.79 Å². The molecular formula is C11H10Cl2O2.